The van der Waals surface area contributed by atoms with Crippen LogP contribution in [0.1, 0.15) is 158 Å². The summed E-state index contributed by atoms with van der Waals surface area (Å²) >= 11 is 3.38. The van der Waals surface area contributed by atoms with Crippen LogP contribution < -0.4 is 14.2 Å². The molecule has 4 heterocycles. The Morgan fingerprint density at radius 3 is 1.73 bits per heavy atom. The van der Waals surface area contributed by atoms with Crippen molar-refractivity contribution in [2.45, 2.75) is 205 Å². The van der Waals surface area contributed by atoms with Crippen LogP contribution >= 0.6 is 45.2 Å². The van der Waals surface area contributed by atoms with Crippen LogP contribution in [0.2, 0.25) is 0 Å². The first-order valence-corrected chi connectivity index (χ1v) is 37.6. The number of para-hydroxylation sites is 2. The standard InChI is InChI=1S/C18H19F3I2O9S.C18H13OS.C13H18O5.C12H16O3.C12H22O2/c1-4-17(2,3)16(26)30-7-13(24)32-14-10(5-9(22)6-11(14)23)15(25)31-12(18(19,20)21)8-33(27,28)29;1-2-8-14(9-3-1)20-17-12-6-4-10-15(17)19-16-11-5-7-13-18(16)20;1-4-13(2,3)12(15)18-9-7-5-6-8(16-7)10(9)17-11(6)14;1-4-12(2,3)11(14)15-10-7-5-9(13)6-8-10;1-5-11(2,3)10(13)14-12(4)8-6-7-9-12/h5-6,12H,4,7-8H2,1-3H3,(H,27,28,29);1-13H;6-10H,4-5H2,1-3H3;5-8,13H,4H2,1-3H3;5-9H2,1-4H3/q;+1;;;/p-1. The molecule has 27 heteroatoms. The summed E-state index contributed by atoms with van der Waals surface area (Å²) in [6.45, 7) is 23.4. The van der Waals surface area contributed by atoms with Gasteiger partial charge in [0.15, 0.2) is 41.0 Å². The van der Waals surface area contributed by atoms with Gasteiger partial charge in [-0.3, -0.25) is 24.0 Å². The fraction of sp³-hybridized carbons (Fsp3) is 0.493. The molecule has 5 aromatic carbocycles. The lowest BCUT2D eigenvalue weighted by molar-refractivity contribution is -0.197. The quantitative estimate of drug-likeness (QED) is 0.0197. The third-order valence-electron chi connectivity index (χ3n) is 17.9. The van der Waals surface area contributed by atoms with Crippen molar-refractivity contribution in [3.63, 3.8) is 0 Å². The second-order valence-electron chi connectivity index (χ2n) is 27.2. The Hall–Kier alpha value is -6.54. The predicted molar refractivity (Wildman–Crippen MR) is 379 cm³/mol. The molecule has 6 unspecified atom stereocenters. The predicted octanol–water partition coefficient (Wildman–Crippen LogP) is 15.4. The molecule has 2 bridgehead atoms. The van der Waals surface area contributed by atoms with Crippen molar-refractivity contribution in [3.05, 3.63) is 128 Å². The number of hydrogen-bond donors (Lipinski definition) is 1. The molecule has 1 N–H and O–H groups in total. The summed E-state index contributed by atoms with van der Waals surface area (Å²) in [6, 6.07) is 35.9. The molecule has 5 aromatic rings. The van der Waals surface area contributed by atoms with E-state index in [-0.39, 0.29) is 73.2 Å². The molecule has 3 saturated heterocycles. The van der Waals surface area contributed by atoms with Gasteiger partial charge in [0.25, 0.3) is 0 Å². The zero-order chi connectivity index (χ0) is 74.5. The van der Waals surface area contributed by atoms with Gasteiger partial charge >= 0.3 is 48.0 Å². The number of carbonyl (C=O) groups is 7. The van der Waals surface area contributed by atoms with Crippen molar-refractivity contribution < 1.29 is 107 Å². The number of halogens is 5. The van der Waals surface area contributed by atoms with Crippen LogP contribution in [0.15, 0.2) is 130 Å². The summed E-state index contributed by atoms with van der Waals surface area (Å²) in [5.41, 5.74) is -2.99. The third-order valence-corrected chi connectivity index (χ3v) is 22.3. The SMILES string of the molecule is CCC(C)(C)C(=O)OC1(C)CCCC1.CCC(C)(C)C(=O)OC1C2CC3C(=O)OC1C3O2.CCC(C)(C)C(=O)OCC(=O)Oc1c(I)cc(I)cc1C(=O)OC(CS(=O)(=O)[O-])C(F)(F)F.CCC(C)(C)C(=O)Oc1ccc(O)cc1.c1ccc([S+]2c3ccccc3Oc3ccccc32)cc1. The van der Waals surface area contributed by atoms with E-state index >= 15 is 0 Å². The summed E-state index contributed by atoms with van der Waals surface area (Å²) < 4.78 is 120. The van der Waals surface area contributed by atoms with Gasteiger partial charge in [-0.1, -0.05) is 70.2 Å². The average Bonchev–Trinajstić information content (AvgIpc) is 1.47. The maximum atomic E-state index is 13.1. The molecule has 0 radical (unpaired) electrons. The van der Waals surface area contributed by atoms with Gasteiger partial charge in [0.1, 0.15) is 39.7 Å². The molecule has 5 aliphatic rings. The highest BCUT2D eigenvalue weighted by Crippen LogP contribution is 2.49. The number of carbonyl (C=O) groups excluding carboxylic acids is 7. The number of alkyl halides is 3. The number of benzene rings is 5. The number of hydrogen-bond acceptors (Lipinski definition) is 20. The first kappa shape index (κ1) is 82.4. The highest BCUT2D eigenvalue weighted by molar-refractivity contribution is 14.1. The molecule has 10 rings (SSSR count). The van der Waals surface area contributed by atoms with E-state index in [0.29, 0.717) is 28.6 Å². The smallest absolute Gasteiger partial charge is 0.426 e. The van der Waals surface area contributed by atoms with E-state index in [1.807, 2.05) is 86.6 Å². The van der Waals surface area contributed by atoms with Crippen LogP contribution in [0.25, 0.3) is 0 Å². The van der Waals surface area contributed by atoms with Crippen LogP contribution in [0.5, 0.6) is 28.7 Å². The fourth-order valence-corrected chi connectivity index (χ4v) is 14.7. The summed E-state index contributed by atoms with van der Waals surface area (Å²) in [6.07, 6.45) is -2.03. The number of rotatable bonds is 19. The van der Waals surface area contributed by atoms with Crippen LogP contribution in [-0.4, -0.2) is 115 Å². The number of esters is 7. The third kappa shape index (κ3) is 22.2. The lowest BCUT2D eigenvalue weighted by atomic mass is 9.87. The summed E-state index contributed by atoms with van der Waals surface area (Å²) in [5.74, 6) is -4.33. The topological polar surface area (TPSA) is 280 Å². The molecule has 0 amide bonds. The molecule has 20 nitrogen and oxygen atoms in total. The lowest BCUT2D eigenvalue weighted by Gasteiger charge is -2.29. The molecular weight excluding hydrogens is 1570 g/mol. The number of ether oxygens (including phenoxy) is 9. The Balaban J connectivity index is 0.000000204. The molecule has 0 spiro atoms. The highest BCUT2D eigenvalue weighted by atomic mass is 127. The summed E-state index contributed by atoms with van der Waals surface area (Å²) in [5, 5.41) is 9.06. The monoisotopic (exact) mass is 1660 g/mol. The highest BCUT2D eigenvalue weighted by Gasteiger charge is 2.65. The summed E-state index contributed by atoms with van der Waals surface area (Å²) in [4.78, 5) is 87.5. The normalized spacial score (nSPS) is 19.0. The van der Waals surface area contributed by atoms with Crippen molar-refractivity contribution in [3.8, 4) is 28.7 Å². The Morgan fingerprint density at radius 2 is 1.20 bits per heavy atom. The fourth-order valence-electron chi connectivity index (χ4n) is 9.89. The zero-order valence-electron chi connectivity index (χ0n) is 58.1. The van der Waals surface area contributed by atoms with E-state index in [4.69, 9.17) is 43.0 Å². The molecule has 0 aromatic heterocycles. The largest absolute Gasteiger partial charge is 0.748 e. The molecule has 4 aliphatic heterocycles. The van der Waals surface area contributed by atoms with E-state index in [1.165, 1.54) is 45.7 Å². The molecule has 546 valence electrons. The molecule has 6 atom stereocenters. The Morgan fingerprint density at radius 1 is 0.690 bits per heavy atom. The van der Waals surface area contributed by atoms with Crippen LogP contribution in [0.4, 0.5) is 13.2 Å². The van der Waals surface area contributed by atoms with Crippen molar-refractivity contribution in [2.24, 2.45) is 27.6 Å². The average molecular weight is 1660 g/mol. The van der Waals surface area contributed by atoms with E-state index in [1.54, 1.807) is 78.1 Å². The molecule has 1 aliphatic carbocycles. The van der Waals surface area contributed by atoms with Crippen LogP contribution in [0, 0.1) is 34.7 Å². The number of fused-ring (bicyclic) bond motifs is 3. The van der Waals surface area contributed by atoms with Crippen molar-refractivity contribution in [2.75, 3.05) is 12.4 Å². The van der Waals surface area contributed by atoms with Gasteiger partial charge in [-0.2, -0.15) is 13.2 Å². The van der Waals surface area contributed by atoms with E-state index in [0.717, 1.165) is 43.2 Å². The first-order chi connectivity index (χ1) is 46.6. The summed E-state index contributed by atoms with van der Waals surface area (Å²) in [7, 11) is -5.48. The van der Waals surface area contributed by atoms with Crippen LogP contribution in [-0.2, 0) is 78.2 Å². The molecule has 1 saturated carbocycles. The molecular formula is C73H87F3I2O20S2. The Bertz CT molecular complexity index is 3770. The van der Waals surface area contributed by atoms with Crippen LogP contribution in [0.3, 0.4) is 0 Å². The minimum absolute atomic E-state index is 0.0376. The Kier molecular flexibility index (Phi) is 28.5. The maximum Gasteiger partial charge on any atom is 0.426 e. The number of phenolic OH excluding ortho intramolecular Hbond substituents is 1. The van der Waals surface area contributed by atoms with Gasteiger partial charge in [-0.05, 0) is 238 Å². The van der Waals surface area contributed by atoms with Crippen molar-refractivity contribution >= 4 is 108 Å². The lowest BCUT2D eigenvalue weighted by Crippen LogP contribution is -2.42. The second-order valence-corrected chi connectivity index (χ2v) is 33.0. The van der Waals surface area contributed by atoms with E-state index in [2.05, 4.69) is 66.3 Å². The number of phenols is 1. The zero-order valence-corrected chi connectivity index (χ0v) is 64.1. The Labute approximate surface area is 612 Å². The van der Waals surface area contributed by atoms with E-state index in [9.17, 15) is 59.7 Å². The van der Waals surface area contributed by atoms with E-state index < -0.39 is 92.4 Å². The second kappa shape index (κ2) is 34.6. The molecule has 4 fully saturated rings. The first-order valence-electron chi connectivity index (χ1n) is 32.6. The van der Waals surface area contributed by atoms with Gasteiger partial charge in [0, 0.05) is 3.57 Å². The minimum Gasteiger partial charge on any atom is -0.748 e. The van der Waals surface area contributed by atoms with Gasteiger partial charge < -0.3 is 52.3 Å². The number of aromatic hydroxyl groups is 1. The van der Waals surface area contributed by atoms with Crippen molar-refractivity contribution in [1.29, 1.82) is 0 Å². The maximum absolute atomic E-state index is 13.1. The minimum atomic E-state index is -5.39. The molecule has 100 heavy (non-hydrogen) atoms. The van der Waals surface area contributed by atoms with Gasteiger partial charge in [-0.25, -0.2) is 18.0 Å². The van der Waals surface area contributed by atoms with Gasteiger partial charge in [0.05, 0.1) is 53.1 Å². The van der Waals surface area contributed by atoms with Crippen molar-refractivity contribution in [1.82, 2.24) is 0 Å². The van der Waals surface area contributed by atoms with Gasteiger partial charge in [0.2, 0.25) is 15.9 Å². The van der Waals surface area contributed by atoms with Gasteiger partial charge in [-0.15, -0.1) is 0 Å².